The minimum absolute atomic E-state index is 0.0165. The summed E-state index contributed by atoms with van der Waals surface area (Å²) in [5.41, 5.74) is 7.36. The molecule has 32 heavy (non-hydrogen) atoms. The number of aromatic nitrogens is 3. The summed E-state index contributed by atoms with van der Waals surface area (Å²) in [6.45, 7) is 6.54. The molecule has 5 heteroatoms. The molecule has 1 atom stereocenters. The second-order valence-electron chi connectivity index (χ2n) is 9.62. The number of carbonyl (C=O) groups is 1. The SMILES string of the molecule is CC(C)(C)c1ccc(C(=O)NC2CCCc3cc(-c4ncnc5[nH]ccc45)ccc32)cc1. The van der Waals surface area contributed by atoms with Gasteiger partial charge in [0.2, 0.25) is 0 Å². The Morgan fingerprint density at radius 2 is 1.88 bits per heavy atom. The number of amides is 1. The minimum atomic E-state index is -0.0165. The molecule has 1 aliphatic carbocycles. The van der Waals surface area contributed by atoms with E-state index in [1.165, 1.54) is 16.7 Å². The molecule has 0 saturated heterocycles. The van der Waals surface area contributed by atoms with Crippen LogP contribution >= 0.6 is 0 Å². The maximum atomic E-state index is 13.0. The molecule has 2 aromatic carbocycles. The van der Waals surface area contributed by atoms with Gasteiger partial charge in [-0.1, -0.05) is 45.0 Å². The fourth-order valence-electron chi connectivity index (χ4n) is 4.58. The van der Waals surface area contributed by atoms with Crippen molar-refractivity contribution in [1.82, 2.24) is 20.3 Å². The summed E-state index contributed by atoms with van der Waals surface area (Å²) >= 11 is 0. The number of aromatic amines is 1. The van der Waals surface area contributed by atoms with Gasteiger partial charge in [0.1, 0.15) is 12.0 Å². The van der Waals surface area contributed by atoms with Crippen molar-refractivity contribution in [3.05, 3.63) is 83.3 Å². The normalized spacial score (nSPS) is 16.0. The van der Waals surface area contributed by atoms with Crippen LogP contribution in [0.25, 0.3) is 22.3 Å². The highest BCUT2D eigenvalue weighted by Crippen LogP contribution is 2.34. The van der Waals surface area contributed by atoms with Gasteiger partial charge in [-0.2, -0.15) is 0 Å². The van der Waals surface area contributed by atoms with E-state index in [1.807, 2.05) is 24.4 Å². The maximum absolute atomic E-state index is 13.0. The molecule has 162 valence electrons. The van der Waals surface area contributed by atoms with E-state index in [9.17, 15) is 4.79 Å². The van der Waals surface area contributed by atoms with Crippen molar-refractivity contribution in [2.75, 3.05) is 0 Å². The highest BCUT2D eigenvalue weighted by molar-refractivity contribution is 5.94. The number of nitrogens with one attached hydrogen (secondary N) is 2. The van der Waals surface area contributed by atoms with Crippen molar-refractivity contribution < 1.29 is 4.79 Å². The van der Waals surface area contributed by atoms with Crippen LogP contribution < -0.4 is 5.32 Å². The third-order valence-electron chi connectivity index (χ3n) is 6.40. The molecule has 0 radical (unpaired) electrons. The zero-order valence-electron chi connectivity index (χ0n) is 18.8. The van der Waals surface area contributed by atoms with E-state index in [0.29, 0.717) is 5.56 Å². The summed E-state index contributed by atoms with van der Waals surface area (Å²) in [5, 5.41) is 4.28. The van der Waals surface area contributed by atoms with E-state index in [4.69, 9.17) is 0 Å². The second-order valence-corrected chi connectivity index (χ2v) is 9.62. The number of hydrogen-bond donors (Lipinski definition) is 2. The Morgan fingerprint density at radius 1 is 1.06 bits per heavy atom. The van der Waals surface area contributed by atoms with E-state index in [0.717, 1.165) is 41.6 Å². The number of benzene rings is 2. The fourth-order valence-corrected chi connectivity index (χ4v) is 4.58. The first-order valence-corrected chi connectivity index (χ1v) is 11.2. The molecule has 0 bridgehead atoms. The van der Waals surface area contributed by atoms with Gasteiger partial charge in [0.25, 0.3) is 5.91 Å². The van der Waals surface area contributed by atoms with Gasteiger partial charge < -0.3 is 10.3 Å². The monoisotopic (exact) mass is 424 g/mol. The summed E-state index contributed by atoms with van der Waals surface area (Å²) in [5.74, 6) is -0.0165. The first-order valence-electron chi connectivity index (χ1n) is 11.2. The van der Waals surface area contributed by atoms with Crippen molar-refractivity contribution in [2.45, 2.75) is 51.5 Å². The molecule has 1 aliphatic rings. The molecule has 2 N–H and O–H groups in total. The number of aryl methyl sites for hydroxylation is 1. The Kier molecular flexibility index (Phi) is 5.04. The van der Waals surface area contributed by atoms with Gasteiger partial charge in [-0.15, -0.1) is 0 Å². The first-order chi connectivity index (χ1) is 15.4. The minimum Gasteiger partial charge on any atom is -0.346 e. The molecule has 5 rings (SSSR count). The van der Waals surface area contributed by atoms with Gasteiger partial charge in [0.15, 0.2) is 0 Å². The summed E-state index contributed by atoms with van der Waals surface area (Å²) < 4.78 is 0. The summed E-state index contributed by atoms with van der Waals surface area (Å²) in [6, 6.07) is 16.5. The molecule has 2 aromatic heterocycles. The lowest BCUT2D eigenvalue weighted by Gasteiger charge is -2.27. The highest BCUT2D eigenvalue weighted by atomic mass is 16.1. The number of H-pyrrole nitrogens is 1. The van der Waals surface area contributed by atoms with Crippen LogP contribution in [0.15, 0.2) is 61.1 Å². The van der Waals surface area contributed by atoms with E-state index in [-0.39, 0.29) is 17.4 Å². The smallest absolute Gasteiger partial charge is 0.251 e. The van der Waals surface area contributed by atoms with E-state index >= 15 is 0 Å². The number of nitrogens with zero attached hydrogens (tertiary/aromatic N) is 2. The van der Waals surface area contributed by atoms with Crippen LogP contribution in [0, 0.1) is 0 Å². The molecular formula is C27H28N4O. The van der Waals surface area contributed by atoms with Crippen LogP contribution in [0.5, 0.6) is 0 Å². The van der Waals surface area contributed by atoms with Gasteiger partial charge in [0, 0.05) is 22.7 Å². The van der Waals surface area contributed by atoms with Crippen LogP contribution in [-0.2, 0) is 11.8 Å². The lowest BCUT2D eigenvalue weighted by molar-refractivity contribution is 0.0932. The lowest BCUT2D eigenvalue weighted by atomic mass is 9.85. The zero-order chi connectivity index (χ0) is 22.3. The van der Waals surface area contributed by atoms with Crippen molar-refractivity contribution in [3.63, 3.8) is 0 Å². The first kappa shape index (κ1) is 20.4. The molecule has 1 unspecified atom stereocenters. The quantitative estimate of drug-likeness (QED) is 0.441. The van der Waals surface area contributed by atoms with Gasteiger partial charge >= 0.3 is 0 Å². The van der Waals surface area contributed by atoms with Crippen molar-refractivity contribution >= 4 is 16.9 Å². The Hall–Kier alpha value is -3.47. The Morgan fingerprint density at radius 3 is 2.66 bits per heavy atom. The molecule has 5 nitrogen and oxygen atoms in total. The average Bonchev–Trinajstić information content (AvgIpc) is 3.27. The molecule has 2 heterocycles. The Labute approximate surface area is 188 Å². The summed E-state index contributed by atoms with van der Waals surface area (Å²) in [7, 11) is 0. The van der Waals surface area contributed by atoms with Crippen LogP contribution in [0.2, 0.25) is 0 Å². The van der Waals surface area contributed by atoms with Crippen LogP contribution in [0.3, 0.4) is 0 Å². The van der Waals surface area contributed by atoms with E-state index in [1.54, 1.807) is 6.33 Å². The Balaban J connectivity index is 1.39. The summed E-state index contributed by atoms with van der Waals surface area (Å²) in [6.07, 6.45) is 6.50. The number of fused-ring (bicyclic) bond motifs is 2. The molecule has 0 fully saturated rings. The standard InChI is InChI=1S/C27H28N4O/c1-27(2,3)20-10-7-17(8-11-20)26(32)31-23-6-4-5-18-15-19(9-12-21(18)23)24-22-13-14-28-25(22)30-16-29-24/h7-16,23H,4-6H2,1-3H3,(H,31,32)(H,28,29,30). The predicted octanol–water partition coefficient (Wildman–Crippen LogP) is 5.73. The topological polar surface area (TPSA) is 70.7 Å². The molecule has 1 amide bonds. The molecular weight excluding hydrogens is 396 g/mol. The van der Waals surface area contributed by atoms with Gasteiger partial charge in [-0.05, 0) is 65.6 Å². The third kappa shape index (κ3) is 3.79. The molecule has 0 spiro atoms. The van der Waals surface area contributed by atoms with Gasteiger partial charge in [0.05, 0.1) is 11.7 Å². The average molecular weight is 425 g/mol. The lowest BCUT2D eigenvalue weighted by Crippen LogP contribution is -2.31. The van der Waals surface area contributed by atoms with Crippen LogP contribution in [0.1, 0.15) is 66.7 Å². The van der Waals surface area contributed by atoms with Crippen LogP contribution in [0.4, 0.5) is 0 Å². The molecule has 0 saturated carbocycles. The van der Waals surface area contributed by atoms with Crippen molar-refractivity contribution in [3.8, 4) is 11.3 Å². The second kappa shape index (κ2) is 7.90. The fraction of sp³-hybridized carbons (Fsp3) is 0.296. The van der Waals surface area contributed by atoms with Crippen molar-refractivity contribution in [1.29, 1.82) is 0 Å². The van der Waals surface area contributed by atoms with Gasteiger partial charge in [-0.3, -0.25) is 4.79 Å². The predicted molar refractivity (Wildman–Crippen MR) is 128 cm³/mol. The zero-order valence-corrected chi connectivity index (χ0v) is 18.8. The molecule has 4 aromatic rings. The van der Waals surface area contributed by atoms with Crippen molar-refractivity contribution in [2.24, 2.45) is 0 Å². The number of hydrogen-bond acceptors (Lipinski definition) is 3. The van der Waals surface area contributed by atoms with E-state index in [2.05, 4.69) is 71.4 Å². The Bertz CT molecular complexity index is 1280. The third-order valence-corrected chi connectivity index (χ3v) is 6.40. The van der Waals surface area contributed by atoms with Crippen LogP contribution in [-0.4, -0.2) is 20.9 Å². The maximum Gasteiger partial charge on any atom is 0.251 e. The summed E-state index contributed by atoms with van der Waals surface area (Å²) in [4.78, 5) is 24.9. The van der Waals surface area contributed by atoms with E-state index < -0.39 is 0 Å². The molecule has 0 aliphatic heterocycles. The van der Waals surface area contributed by atoms with Gasteiger partial charge in [-0.25, -0.2) is 9.97 Å². The number of carbonyl (C=O) groups excluding carboxylic acids is 1. The largest absolute Gasteiger partial charge is 0.346 e. The number of rotatable bonds is 3. The highest BCUT2D eigenvalue weighted by Gasteiger charge is 2.23.